The van der Waals surface area contributed by atoms with Crippen LogP contribution >= 0.6 is 15.9 Å². The van der Waals surface area contributed by atoms with Crippen LogP contribution in [0.3, 0.4) is 0 Å². The predicted octanol–water partition coefficient (Wildman–Crippen LogP) is 7.34. The van der Waals surface area contributed by atoms with E-state index in [1.165, 1.54) is 24.3 Å². The van der Waals surface area contributed by atoms with E-state index in [1.54, 1.807) is 36.4 Å². The predicted molar refractivity (Wildman–Crippen MR) is 191 cm³/mol. The maximum absolute atomic E-state index is 13.4. The Hall–Kier alpha value is -3.59. The summed E-state index contributed by atoms with van der Waals surface area (Å²) in [5.74, 6) is 0.479. The number of hydrogen-bond donors (Lipinski definition) is 4. The first-order valence-corrected chi connectivity index (χ1v) is 18.9. The largest absolute Gasteiger partial charge is 0.456 e. The van der Waals surface area contributed by atoms with Gasteiger partial charge in [0.05, 0.1) is 33.0 Å². The van der Waals surface area contributed by atoms with Crippen molar-refractivity contribution < 1.29 is 30.9 Å². The smallest absolute Gasteiger partial charge is 0.294 e. The molecule has 5 rings (SSSR count). The summed E-state index contributed by atoms with van der Waals surface area (Å²) in [5, 5.41) is 13.8. The number of rotatable bonds is 10. The second kappa shape index (κ2) is 13.4. The highest BCUT2D eigenvalue weighted by atomic mass is 79.9. The lowest BCUT2D eigenvalue weighted by Crippen LogP contribution is -2.27. The second-order valence-corrected chi connectivity index (χ2v) is 17.4. The topological polar surface area (TPSA) is 158 Å². The third-order valence-electron chi connectivity index (χ3n) is 7.46. The molecule has 0 atom stereocenters. The Morgan fingerprint density at radius 1 is 0.875 bits per heavy atom. The highest BCUT2D eigenvalue weighted by molar-refractivity contribution is 9.10. The fourth-order valence-electron chi connectivity index (χ4n) is 6.08. The van der Waals surface area contributed by atoms with E-state index in [9.17, 15) is 26.5 Å². The first kappa shape index (κ1) is 35.7. The van der Waals surface area contributed by atoms with Gasteiger partial charge in [0.1, 0.15) is 11.3 Å². The lowest BCUT2D eigenvalue weighted by atomic mass is 9.82. The van der Waals surface area contributed by atoms with Crippen LogP contribution in [0, 0.1) is 5.41 Å². The Balaban J connectivity index is 1.76. The number of benzene rings is 4. The molecule has 1 aliphatic carbocycles. The Morgan fingerprint density at radius 3 is 2.29 bits per heavy atom. The molecule has 0 radical (unpaired) electrons. The van der Waals surface area contributed by atoms with Crippen LogP contribution in [0.5, 0.6) is 0 Å². The average molecular weight is 757 g/mol. The van der Waals surface area contributed by atoms with Gasteiger partial charge in [-0.2, -0.15) is 8.42 Å². The van der Waals surface area contributed by atoms with Crippen molar-refractivity contribution in [1.29, 1.82) is 0 Å². The summed E-state index contributed by atoms with van der Waals surface area (Å²) in [6, 6.07) is 21.7. The number of nitrogens with zero attached hydrogens (tertiary/aromatic N) is 1. The van der Waals surface area contributed by atoms with Gasteiger partial charge in [-0.05, 0) is 90.1 Å². The highest BCUT2D eigenvalue weighted by Gasteiger charge is 2.26. The lowest BCUT2D eigenvalue weighted by molar-refractivity contribution is 0.284. The quantitative estimate of drug-likeness (QED) is 0.0852. The van der Waals surface area contributed by atoms with E-state index < -0.39 is 20.1 Å². The fraction of sp³-hybridized carbons (Fsp3) is 0.286. The summed E-state index contributed by atoms with van der Waals surface area (Å²) in [5.41, 5.74) is 2.77. The van der Waals surface area contributed by atoms with Crippen molar-refractivity contribution in [2.75, 3.05) is 18.5 Å². The number of anilines is 2. The third kappa shape index (κ3) is 8.16. The number of aliphatic hydroxyl groups is 1. The Morgan fingerprint density at radius 2 is 1.60 bits per heavy atom. The zero-order valence-corrected chi connectivity index (χ0v) is 30.4. The molecule has 0 amide bonds. The van der Waals surface area contributed by atoms with Crippen molar-refractivity contribution in [3.63, 3.8) is 0 Å². The molecular weight excluding hydrogens is 718 g/mol. The van der Waals surface area contributed by atoms with Crippen LogP contribution < -0.4 is 15.4 Å². The van der Waals surface area contributed by atoms with Gasteiger partial charge in [-0.1, -0.05) is 39.0 Å². The molecule has 3 aromatic rings. The lowest BCUT2D eigenvalue weighted by Gasteiger charge is -2.29. The van der Waals surface area contributed by atoms with E-state index in [1.807, 2.05) is 18.2 Å². The van der Waals surface area contributed by atoms with Crippen molar-refractivity contribution in [2.24, 2.45) is 10.4 Å². The molecular formula is C35H38BrN3O7S2. The summed E-state index contributed by atoms with van der Waals surface area (Å²) in [7, 11) is -8.44. The van der Waals surface area contributed by atoms with Crippen molar-refractivity contribution >= 4 is 58.4 Å². The summed E-state index contributed by atoms with van der Waals surface area (Å²) < 4.78 is 69.5. The van der Waals surface area contributed by atoms with E-state index >= 15 is 0 Å². The number of hydrogen-bond acceptors (Lipinski definition) is 8. The SMILES string of the molecule is CC(C)(C)CC(C)(C)N=c1ccc2c(-c3ccccc3S(=O)(=O)NCCO)c3ccc(Nc4cc(S(=O)(=O)O)ccc4Br)cc3oc-2c1. The summed E-state index contributed by atoms with van der Waals surface area (Å²) in [4.78, 5) is 4.80. The molecule has 2 aliphatic rings. The Kier molecular flexibility index (Phi) is 9.95. The van der Waals surface area contributed by atoms with Gasteiger partial charge < -0.3 is 14.8 Å². The van der Waals surface area contributed by atoms with Gasteiger partial charge in [-0.15, -0.1) is 0 Å². The van der Waals surface area contributed by atoms with Gasteiger partial charge in [0.25, 0.3) is 10.1 Å². The monoisotopic (exact) mass is 755 g/mol. The molecule has 254 valence electrons. The molecule has 10 nitrogen and oxygen atoms in total. The van der Waals surface area contributed by atoms with Gasteiger partial charge in [-0.3, -0.25) is 9.55 Å². The van der Waals surface area contributed by atoms with Crippen LogP contribution in [0.4, 0.5) is 11.4 Å². The molecule has 1 aliphatic heterocycles. The minimum Gasteiger partial charge on any atom is -0.456 e. The van der Waals surface area contributed by atoms with Crippen molar-refractivity contribution in [2.45, 2.75) is 56.4 Å². The summed E-state index contributed by atoms with van der Waals surface area (Å²) in [6.45, 7) is 10.2. The molecule has 1 heterocycles. The van der Waals surface area contributed by atoms with Gasteiger partial charge >= 0.3 is 0 Å². The maximum atomic E-state index is 13.4. The highest BCUT2D eigenvalue weighted by Crippen LogP contribution is 2.43. The van der Waals surface area contributed by atoms with E-state index in [-0.39, 0.29) is 33.9 Å². The maximum Gasteiger partial charge on any atom is 0.294 e. The third-order valence-corrected chi connectivity index (χ3v) is 10.5. The molecule has 0 spiro atoms. The van der Waals surface area contributed by atoms with Crippen LogP contribution in [0.1, 0.15) is 41.0 Å². The van der Waals surface area contributed by atoms with Crippen molar-refractivity contribution in [1.82, 2.24) is 4.72 Å². The van der Waals surface area contributed by atoms with Gasteiger partial charge in [0.2, 0.25) is 10.0 Å². The van der Waals surface area contributed by atoms with Crippen LogP contribution in [0.15, 0.2) is 103 Å². The van der Waals surface area contributed by atoms with Gasteiger partial charge in [-0.25, -0.2) is 13.1 Å². The molecule has 0 unspecified atom stereocenters. The molecule has 0 saturated heterocycles. The van der Waals surface area contributed by atoms with Crippen molar-refractivity contribution in [3.8, 4) is 22.5 Å². The van der Waals surface area contributed by atoms with E-state index in [0.29, 0.717) is 54.6 Å². The number of fused-ring (bicyclic) bond motifs is 2. The molecule has 3 aromatic carbocycles. The zero-order chi connectivity index (χ0) is 35.1. The van der Waals surface area contributed by atoms with Gasteiger partial charge in [0.15, 0.2) is 0 Å². The van der Waals surface area contributed by atoms with E-state index in [2.05, 4.69) is 60.6 Å². The number of halogens is 1. The molecule has 48 heavy (non-hydrogen) atoms. The average Bonchev–Trinajstić information content (AvgIpc) is 2.98. The second-order valence-electron chi connectivity index (χ2n) is 13.4. The van der Waals surface area contributed by atoms with Gasteiger partial charge in [0, 0.05) is 50.9 Å². The van der Waals surface area contributed by atoms with Crippen LogP contribution in [-0.2, 0) is 20.1 Å². The first-order valence-electron chi connectivity index (χ1n) is 15.2. The Labute approximate surface area is 289 Å². The fourth-order valence-corrected chi connectivity index (χ4v) is 8.17. The molecule has 13 heteroatoms. The standard InChI is InChI=1S/C35H38BrN3O7S2/c1-34(2,3)21-35(4,5)39-23-11-14-26-31(19-23)46-30-18-22(38-29-20-24(48(43,44)45)12-15-28(29)36)10-13-25(30)33(26)27-8-6-7-9-32(27)47(41,42)37-16-17-40/h6-15,18-20,37-38,40H,16-17,21H2,1-5H3,(H,43,44,45). The van der Waals surface area contributed by atoms with Crippen LogP contribution in [-0.4, -0.2) is 45.2 Å². The zero-order valence-electron chi connectivity index (χ0n) is 27.2. The van der Waals surface area contributed by atoms with Crippen molar-refractivity contribution in [3.05, 3.63) is 88.7 Å². The van der Waals surface area contributed by atoms with Crippen LogP contribution in [0.25, 0.3) is 33.4 Å². The van der Waals surface area contributed by atoms with E-state index in [4.69, 9.17) is 9.41 Å². The van der Waals surface area contributed by atoms with E-state index in [0.717, 1.165) is 6.42 Å². The first-order chi connectivity index (χ1) is 22.4. The number of nitrogens with one attached hydrogen (secondary N) is 2. The molecule has 0 fully saturated rings. The molecule has 0 bridgehead atoms. The molecule has 4 N–H and O–H groups in total. The minimum absolute atomic E-state index is 0.0421. The summed E-state index contributed by atoms with van der Waals surface area (Å²) in [6.07, 6.45) is 0.841. The van der Waals surface area contributed by atoms with Crippen LogP contribution in [0.2, 0.25) is 0 Å². The number of aliphatic hydroxyl groups excluding tert-OH is 1. The Bertz CT molecular complexity index is 2260. The minimum atomic E-state index is -4.44. The molecule has 0 aromatic heterocycles. The number of sulfonamides is 1. The normalized spacial score (nSPS) is 13.4. The molecule has 0 saturated carbocycles. The summed E-state index contributed by atoms with van der Waals surface area (Å²) >= 11 is 3.42.